The SMILES string of the molecule is CCN(Cc1ccc(OC)c(F)c1)C(=O)COc1ccccc1C(=O)Nc1ccccc1. The predicted octanol–water partition coefficient (Wildman–Crippen LogP) is 4.51. The summed E-state index contributed by atoms with van der Waals surface area (Å²) in [7, 11) is 1.40. The first-order valence-corrected chi connectivity index (χ1v) is 10.2. The number of hydrogen-bond acceptors (Lipinski definition) is 4. The van der Waals surface area contributed by atoms with Crippen molar-refractivity contribution in [2.45, 2.75) is 13.5 Å². The van der Waals surface area contributed by atoms with E-state index in [1.807, 2.05) is 25.1 Å². The molecule has 0 fully saturated rings. The number of rotatable bonds is 9. The summed E-state index contributed by atoms with van der Waals surface area (Å²) in [4.78, 5) is 26.9. The van der Waals surface area contributed by atoms with E-state index in [-0.39, 0.29) is 30.7 Å². The van der Waals surface area contributed by atoms with E-state index in [1.165, 1.54) is 19.2 Å². The van der Waals surface area contributed by atoms with Gasteiger partial charge in [0.25, 0.3) is 11.8 Å². The van der Waals surface area contributed by atoms with Crippen LogP contribution in [-0.4, -0.2) is 37.0 Å². The summed E-state index contributed by atoms with van der Waals surface area (Å²) in [6.07, 6.45) is 0. The van der Waals surface area contributed by atoms with Crippen molar-refractivity contribution in [1.29, 1.82) is 0 Å². The molecule has 0 heterocycles. The lowest BCUT2D eigenvalue weighted by Gasteiger charge is -2.22. The Kier molecular flexibility index (Phi) is 7.80. The second-order valence-electron chi connectivity index (χ2n) is 6.98. The highest BCUT2D eigenvalue weighted by Gasteiger charge is 2.17. The maximum absolute atomic E-state index is 14.0. The number of likely N-dealkylation sites (N-methyl/N-ethyl adjacent to an activating group) is 1. The molecule has 3 rings (SSSR count). The molecule has 7 heteroatoms. The number of nitrogens with zero attached hydrogens (tertiary/aromatic N) is 1. The van der Waals surface area contributed by atoms with Crippen LogP contribution in [0.3, 0.4) is 0 Å². The molecule has 0 aliphatic heterocycles. The Balaban J connectivity index is 1.64. The summed E-state index contributed by atoms with van der Waals surface area (Å²) in [5, 5.41) is 2.81. The molecular weight excluding hydrogens is 411 g/mol. The van der Waals surface area contributed by atoms with Crippen molar-refractivity contribution in [3.8, 4) is 11.5 Å². The van der Waals surface area contributed by atoms with Crippen molar-refractivity contribution in [2.24, 2.45) is 0 Å². The van der Waals surface area contributed by atoms with Gasteiger partial charge in [-0.05, 0) is 48.9 Å². The van der Waals surface area contributed by atoms with Gasteiger partial charge in [-0.15, -0.1) is 0 Å². The highest BCUT2D eigenvalue weighted by molar-refractivity contribution is 6.06. The second kappa shape index (κ2) is 10.9. The number of para-hydroxylation sites is 2. The van der Waals surface area contributed by atoms with Gasteiger partial charge in [-0.1, -0.05) is 36.4 Å². The Morgan fingerprint density at radius 3 is 2.38 bits per heavy atom. The predicted molar refractivity (Wildman–Crippen MR) is 120 cm³/mol. The Morgan fingerprint density at radius 2 is 1.69 bits per heavy atom. The number of nitrogens with one attached hydrogen (secondary N) is 1. The molecule has 0 bridgehead atoms. The van der Waals surface area contributed by atoms with Gasteiger partial charge in [0.05, 0.1) is 12.7 Å². The summed E-state index contributed by atoms with van der Waals surface area (Å²) >= 11 is 0. The van der Waals surface area contributed by atoms with Gasteiger partial charge < -0.3 is 19.7 Å². The normalized spacial score (nSPS) is 10.3. The van der Waals surface area contributed by atoms with Crippen LogP contribution in [0.5, 0.6) is 11.5 Å². The molecule has 166 valence electrons. The molecule has 6 nitrogen and oxygen atoms in total. The lowest BCUT2D eigenvalue weighted by atomic mass is 10.2. The summed E-state index contributed by atoms with van der Waals surface area (Å²) < 4.78 is 24.6. The van der Waals surface area contributed by atoms with Gasteiger partial charge >= 0.3 is 0 Å². The van der Waals surface area contributed by atoms with Crippen molar-refractivity contribution < 1.29 is 23.5 Å². The summed E-state index contributed by atoms with van der Waals surface area (Å²) in [5.41, 5.74) is 1.62. The molecule has 0 atom stereocenters. The fourth-order valence-corrected chi connectivity index (χ4v) is 3.14. The topological polar surface area (TPSA) is 67.9 Å². The van der Waals surface area contributed by atoms with Crippen molar-refractivity contribution >= 4 is 17.5 Å². The second-order valence-corrected chi connectivity index (χ2v) is 6.98. The van der Waals surface area contributed by atoms with Crippen LogP contribution >= 0.6 is 0 Å². The molecule has 0 saturated carbocycles. The minimum atomic E-state index is -0.483. The molecule has 3 aromatic carbocycles. The zero-order valence-corrected chi connectivity index (χ0v) is 18.0. The maximum atomic E-state index is 14.0. The average molecular weight is 436 g/mol. The Morgan fingerprint density at radius 1 is 0.969 bits per heavy atom. The van der Waals surface area contributed by atoms with E-state index >= 15 is 0 Å². The Bertz CT molecular complexity index is 1070. The van der Waals surface area contributed by atoms with E-state index < -0.39 is 5.82 Å². The molecule has 0 radical (unpaired) electrons. The van der Waals surface area contributed by atoms with E-state index in [0.29, 0.717) is 29.1 Å². The van der Waals surface area contributed by atoms with Gasteiger partial charge in [0.15, 0.2) is 18.2 Å². The van der Waals surface area contributed by atoms with Crippen LogP contribution < -0.4 is 14.8 Å². The lowest BCUT2D eigenvalue weighted by molar-refractivity contribution is -0.133. The first kappa shape index (κ1) is 22.8. The van der Waals surface area contributed by atoms with Gasteiger partial charge in [0.2, 0.25) is 0 Å². The van der Waals surface area contributed by atoms with Crippen LogP contribution in [0.15, 0.2) is 72.8 Å². The molecule has 32 heavy (non-hydrogen) atoms. The highest BCUT2D eigenvalue weighted by atomic mass is 19.1. The van der Waals surface area contributed by atoms with Crippen LogP contribution in [0.4, 0.5) is 10.1 Å². The van der Waals surface area contributed by atoms with Crippen molar-refractivity contribution in [3.63, 3.8) is 0 Å². The quantitative estimate of drug-likeness (QED) is 0.536. The fraction of sp³-hybridized carbons (Fsp3) is 0.200. The number of ether oxygens (including phenoxy) is 2. The van der Waals surface area contributed by atoms with Crippen molar-refractivity contribution in [3.05, 3.63) is 89.7 Å². The van der Waals surface area contributed by atoms with Gasteiger partial charge in [-0.25, -0.2) is 4.39 Å². The molecule has 0 spiro atoms. The van der Waals surface area contributed by atoms with E-state index in [0.717, 1.165) is 0 Å². The Labute approximate surface area is 186 Å². The Hall–Kier alpha value is -3.87. The molecule has 0 aromatic heterocycles. The smallest absolute Gasteiger partial charge is 0.260 e. The van der Waals surface area contributed by atoms with Crippen LogP contribution in [0.2, 0.25) is 0 Å². The first-order valence-electron chi connectivity index (χ1n) is 10.2. The minimum absolute atomic E-state index is 0.150. The van der Waals surface area contributed by atoms with Gasteiger partial charge in [-0.2, -0.15) is 0 Å². The van der Waals surface area contributed by atoms with Crippen molar-refractivity contribution in [2.75, 3.05) is 25.6 Å². The third-order valence-corrected chi connectivity index (χ3v) is 4.84. The average Bonchev–Trinajstić information content (AvgIpc) is 2.82. The molecule has 0 aliphatic rings. The number of halogens is 1. The van der Waals surface area contributed by atoms with Gasteiger partial charge in [-0.3, -0.25) is 9.59 Å². The van der Waals surface area contributed by atoms with Crippen LogP contribution in [0, 0.1) is 5.82 Å². The number of amides is 2. The molecule has 3 aromatic rings. The van der Waals surface area contributed by atoms with Gasteiger partial charge in [0.1, 0.15) is 5.75 Å². The van der Waals surface area contributed by atoms with Crippen LogP contribution in [-0.2, 0) is 11.3 Å². The van der Waals surface area contributed by atoms with Crippen molar-refractivity contribution in [1.82, 2.24) is 4.90 Å². The summed E-state index contributed by atoms with van der Waals surface area (Å²) in [6, 6.07) is 20.4. The number of carbonyl (C=O) groups is 2. The molecular formula is C25H25FN2O4. The van der Waals surface area contributed by atoms with Crippen LogP contribution in [0.25, 0.3) is 0 Å². The van der Waals surface area contributed by atoms with Crippen LogP contribution in [0.1, 0.15) is 22.8 Å². The largest absolute Gasteiger partial charge is 0.494 e. The highest BCUT2D eigenvalue weighted by Crippen LogP contribution is 2.21. The standard InChI is InChI=1S/C25H25FN2O4/c1-3-28(16-18-13-14-23(31-2)21(26)15-18)24(29)17-32-22-12-8-7-11-20(22)25(30)27-19-9-5-4-6-10-19/h4-15H,3,16-17H2,1-2H3,(H,27,30). The summed E-state index contributed by atoms with van der Waals surface area (Å²) in [5.74, 6) is -0.636. The van der Waals surface area contributed by atoms with E-state index in [2.05, 4.69) is 5.32 Å². The number of methoxy groups -OCH3 is 1. The number of hydrogen-bond donors (Lipinski definition) is 1. The molecule has 0 saturated heterocycles. The molecule has 0 unspecified atom stereocenters. The maximum Gasteiger partial charge on any atom is 0.260 e. The minimum Gasteiger partial charge on any atom is -0.494 e. The molecule has 0 aliphatic carbocycles. The monoisotopic (exact) mass is 436 g/mol. The summed E-state index contributed by atoms with van der Waals surface area (Å²) in [6.45, 7) is 2.24. The van der Waals surface area contributed by atoms with Gasteiger partial charge in [0, 0.05) is 18.8 Å². The molecule has 1 N–H and O–H groups in total. The number of benzene rings is 3. The first-order chi connectivity index (χ1) is 15.5. The third-order valence-electron chi connectivity index (χ3n) is 4.84. The number of carbonyl (C=O) groups excluding carboxylic acids is 2. The van der Waals surface area contributed by atoms with E-state index in [1.54, 1.807) is 47.4 Å². The molecule has 2 amide bonds. The number of anilines is 1. The zero-order chi connectivity index (χ0) is 22.9. The zero-order valence-electron chi connectivity index (χ0n) is 18.0. The van der Waals surface area contributed by atoms with E-state index in [9.17, 15) is 14.0 Å². The third kappa shape index (κ3) is 5.85. The fourth-order valence-electron chi connectivity index (χ4n) is 3.14. The lowest BCUT2D eigenvalue weighted by Crippen LogP contribution is -2.34. The van der Waals surface area contributed by atoms with E-state index in [4.69, 9.17) is 9.47 Å².